The Hall–Kier alpha value is -0.830. The average molecular weight is 268 g/mol. The van der Waals surface area contributed by atoms with Crippen LogP contribution in [0.5, 0.6) is 0 Å². The van der Waals surface area contributed by atoms with Crippen molar-refractivity contribution in [3.05, 3.63) is 17.0 Å². The average Bonchev–Trinajstić information content (AvgIpc) is 2.32. The molecule has 4 heteroatoms. The zero-order valence-electron chi connectivity index (χ0n) is 11.7. The highest BCUT2D eigenvalue weighted by Crippen LogP contribution is 2.35. The molecule has 1 aromatic heterocycles. The van der Waals surface area contributed by atoms with E-state index in [1.807, 2.05) is 0 Å². The van der Waals surface area contributed by atoms with Gasteiger partial charge in [-0.25, -0.2) is 9.97 Å². The second kappa shape index (κ2) is 5.43. The lowest BCUT2D eigenvalue weighted by Crippen LogP contribution is -2.43. The number of halogens is 1. The summed E-state index contributed by atoms with van der Waals surface area (Å²) >= 11 is 6.25. The molecule has 3 nitrogen and oxygen atoms in total. The van der Waals surface area contributed by atoms with Gasteiger partial charge in [0, 0.05) is 18.2 Å². The van der Waals surface area contributed by atoms with Gasteiger partial charge in [0.15, 0.2) is 0 Å². The molecule has 2 unspecified atom stereocenters. The van der Waals surface area contributed by atoms with Crippen molar-refractivity contribution in [2.45, 2.75) is 52.5 Å². The number of anilines is 1. The van der Waals surface area contributed by atoms with Crippen LogP contribution in [0.2, 0.25) is 5.15 Å². The van der Waals surface area contributed by atoms with Crippen molar-refractivity contribution < 1.29 is 0 Å². The minimum absolute atomic E-state index is 0.345. The lowest BCUT2D eigenvalue weighted by molar-refractivity contribution is 0.360. The summed E-state index contributed by atoms with van der Waals surface area (Å²) in [6.45, 7) is 9.95. The van der Waals surface area contributed by atoms with E-state index in [9.17, 15) is 0 Å². The van der Waals surface area contributed by atoms with Gasteiger partial charge in [-0.3, -0.25) is 0 Å². The molecule has 1 aromatic rings. The summed E-state index contributed by atoms with van der Waals surface area (Å²) in [4.78, 5) is 11.0. The summed E-state index contributed by atoms with van der Waals surface area (Å²) < 4.78 is 0. The van der Waals surface area contributed by atoms with E-state index >= 15 is 0 Å². The molecule has 2 heterocycles. The van der Waals surface area contributed by atoms with E-state index in [-0.39, 0.29) is 0 Å². The number of aromatic nitrogens is 2. The second-order valence-electron chi connectivity index (χ2n) is 5.61. The molecule has 100 valence electrons. The van der Waals surface area contributed by atoms with Gasteiger partial charge in [-0.05, 0) is 31.6 Å². The van der Waals surface area contributed by atoms with Gasteiger partial charge in [0.1, 0.15) is 17.3 Å². The summed E-state index contributed by atoms with van der Waals surface area (Å²) in [7, 11) is 0. The number of rotatable bonds is 2. The van der Waals surface area contributed by atoms with E-state index < -0.39 is 0 Å². The van der Waals surface area contributed by atoms with Gasteiger partial charge < -0.3 is 4.90 Å². The monoisotopic (exact) mass is 267 g/mol. The van der Waals surface area contributed by atoms with E-state index in [4.69, 9.17) is 11.6 Å². The molecule has 0 spiro atoms. The Morgan fingerprint density at radius 2 is 2.06 bits per heavy atom. The van der Waals surface area contributed by atoms with Crippen LogP contribution >= 0.6 is 11.6 Å². The molecule has 0 aromatic carbocycles. The molecule has 0 bridgehead atoms. The Labute approximate surface area is 115 Å². The van der Waals surface area contributed by atoms with Crippen molar-refractivity contribution in [1.29, 1.82) is 0 Å². The van der Waals surface area contributed by atoms with Crippen LogP contribution in [0.1, 0.15) is 52.0 Å². The molecule has 1 aliphatic heterocycles. The smallest absolute Gasteiger partial charge is 0.138 e. The molecule has 1 fully saturated rings. The van der Waals surface area contributed by atoms with Gasteiger partial charge in [0.05, 0.1) is 0 Å². The van der Waals surface area contributed by atoms with Crippen molar-refractivity contribution in [1.82, 2.24) is 9.97 Å². The Morgan fingerprint density at radius 3 is 2.72 bits per heavy atom. The summed E-state index contributed by atoms with van der Waals surface area (Å²) in [5, 5.41) is 0.598. The molecule has 0 amide bonds. The minimum Gasteiger partial charge on any atom is -0.353 e. The molecule has 0 aliphatic carbocycles. The van der Waals surface area contributed by atoms with E-state index in [0.717, 1.165) is 17.9 Å². The lowest BCUT2D eigenvalue weighted by Gasteiger charge is -2.40. The van der Waals surface area contributed by atoms with Crippen molar-refractivity contribution >= 4 is 17.4 Å². The maximum atomic E-state index is 6.25. The molecule has 0 N–H and O–H groups in total. The molecule has 2 rings (SSSR count). The van der Waals surface area contributed by atoms with Gasteiger partial charge >= 0.3 is 0 Å². The van der Waals surface area contributed by atoms with Gasteiger partial charge in [-0.1, -0.05) is 32.4 Å². The minimum atomic E-state index is 0.345. The largest absolute Gasteiger partial charge is 0.353 e. The number of nitrogens with zero attached hydrogens (tertiary/aromatic N) is 3. The SMILES string of the molecule is CC(C)c1c(Cl)ncnc1N1CCCC(C)C1C. The predicted octanol–water partition coefficient (Wildman–Crippen LogP) is 3.88. The zero-order chi connectivity index (χ0) is 13.3. The Bertz CT molecular complexity index is 420. The third-order valence-electron chi connectivity index (χ3n) is 4.04. The predicted molar refractivity (Wildman–Crippen MR) is 76.3 cm³/mol. The maximum Gasteiger partial charge on any atom is 0.138 e. The molecule has 1 saturated heterocycles. The first-order valence-corrected chi connectivity index (χ1v) is 7.17. The highest BCUT2D eigenvalue weighted by Gasteiger charge is 2.28. The van der Waals surface area contributed by atoms with E-state index in [0.29, 0.717) is 23.0 Å². The van der Waals surface area contributed by atoms with Crippen molar-refractivity contribution in [2.75, 3.05) is 11.4 Å². The second-order valence-corrected chi connectivity index (χ2v) is 5.97. The molecule has 0 saturated carbocycles. The Kier molecular flexibility index (Phi) is 4.10. The third kappa shape index (κ3) is 2.46. The van der Waals surface area contributed by atoms with Crippen LogP contribution in [0.3, 0.4) is 0 Å². The van der Waals surface area contributed by atoms with Crippen LogP contribution in [-0.4, -0.2) is 22.6 Å². The van der Waals surface area contributed by atoms with Crippen LogP contribution in [0.4, 0.5) is 5.82 Å². The standard InChI is InChI=1S/C14H22ClN3/c1-9(2)12-13(15)16-8-17-14(12)18-7-5-6-10(3)11(18)4/h8-11H,5-7H2,1-4H3. The van der Waals surface area contributed by atoms with E-state index in [1.165, 1.54) is 12.8 Å². The van der Waals surface area contributed by atoms with E-state index in [2.05, 4.69) is 42.6 Å². The van der Waals surface area contributed by atoms with Crippen molar-refractivity contribution in [3.63, 3.8) is 0 Å². The van der Waals surface area contributed by atoms with Gasteiger partial charge in [-0.2, -0.15) is 0 Å². The molecule has 18 heavy (non-hydrogen) atoms. The summed E-state index contributed by atoms with van der Waals surface area (Å²) in [5.74, 6) is 2.08. The quantitative estimate of drug-likeness (QED) is 0.762. The first kappa shape index (κ1) is 13.6. The van der Waals surface area contributed by atoms with Crippen molar-refractivity contribution in [3.8, 4) is 0 Å². The number of hydrogen-bond acceptors (Lipinski definition) is 3. The Morgan fingerprint density at radius 1 is 1.33 bits per heavy atom. The van der Waals surface area contributed by atoms with Crippen LogP contribution in [0, 0.1) is 5.92 Å². The normalized spacial score (nSPS) is 24.7. The highest BCUT2D eigenvalue weighted by atomic mass is 35.5. The van der Waals surface area contributed by atoms with Crippen LogP contribution in [0.15, 0.2) is 6.33 Å². The van der Waals surface area contributed by atoms with E-state index in [1.54, 1.807) is 6.33 Å². The first-order valence-electron chi connectivity index (χ1n) is 6.79. The number of hydrogen-bond donors (Lipinski definition) is 0. The van der Waals surface area contributed by atoms with Gasteiger partial charge in [0.25, 0.3) is 0 Å². The van der Waals surface area contributed by atoms with Gasteiger partial charge in [0.2, 0.25) is 0 Å². The molecular weight excluding hydrogens is 246 g/mol. The zero-order valence-corrected chi connectivity index (χ0v) is 12.4. The van der Waals surface area contributed by atoms with Crippen LogP contribution < -0.4 is 4.90 Å². The molecular formula is C14H22ClN3. The molecule has 1 aliphatic rings. The summed E-state index contributed by atoms with van der Waals surface area (Å²) in [6.07, 6.45) is 4.10. The summed E-state index contributed by atoms with van der Waals surface area (Å²) in [6, 6.07) is 0.516. The summed E-state index contributed by atoms with van der Waals surface area (Å²) in [5.41, 5.74) is 1.08. The topological polar surface area (TPSA) is 29.0 Å². The van der Waals surface area contributed by atoms with Crippen LogP contribution in [0.25, 0.3) is 0 Å². The third-order valence-corrected chi connectivity index (χ3v) is 4.34. The first-order chi connectivity index (χ1) is 8.52. The molecule has 2 atom stereocenters. The fourth-order valence-electron chi connectivity index (χ4n) is 2.73. The van der Waals surface area contributed by atoms with Crippen LogP contribution in [-0.2, 0) is 0 Å². The number of piperidine rings is 1. The van der Waals surface area contributed by atoms with Crippen molar-refractivity contribution in [2.24, 2.45) is 5.92 Å². The maximum absolute atomic E-state index is 6.25. The fourth-order valence-corrected chi connectivity index (χ4v) is 3.07. The van der Waals surface area contributed by atoms with Gasteiger partial charge in [-0.15, -0.1) is 0 Å². The lowest BCUT2D eigenvalue weighted by atomic mass is 9.91. The molecule has 0 radical (unpaired) electrons. The Balaban J connectivity index is 2.41. The highest BCUT2D eigenvalue weighted by molar-refractivity contribution is 6.30. The fraction of sp³-hybridized carbons (Fsp3) is 0.714.